The molecule has 1 fully saturated rings. The Labute approximate surface area is 73.6 Å². The average molecular weight is 181 g/mol. The summed E-state index contributed by atoms with van der Waals surface area (Å²) in [4.78, 5) is 23.7. The predicted octanol–water partition coefficient (Wildman–Crippen LogP) is 1.40. The summed E-state index contributed by atoms with van der Waals surface area (Å²) in [7, 11) is 0. The largest absolute Gasteiger partial charge is 0.274 e. The fourth-order valence-corrected chi connectivity index (χ4v) is 1.98. The monoisotopic (exact) mass is 181 g/mol. The fraction of sp³-hybridized carbons (Fsp3) is 0.250. The van der Waals surface area contributed by atoms with Gasteiger partial charge in [-0.1, -0.05) is 0 Å². The Morgan fingerprint density at radius 2 is 1.92 bits per heavy atom. The molecule has 1 aromatic heterocycles. The number of anilines is 1. The van der Waals surface area contributed by atoms with Crippen molar-refractivity contribution >= 4 is 28.2 Å². The molecule has 1 aliphatic rings. The first-order valence-electron chi connectivity index (χ1n) is 3.68. The maximum atomic E-state index is 11.2. The van der Waals surface area contributed by atoms with Crippen molar-refractivity contribution in [1.82, 2.24) is 0 Å². The van der Waals surface area contributed by atoms with E-state index in [0.29, 0.717) is 12.8 Å². The number of hydrogen-bond donors (Lipinski definition) is 0. The molecule has 4 heteroatoms. The van der Waals surface area contributed by atoms with Crippen molar-refractivity contribution in [2.75, 3.05) is 4.90 Å². The second-order valence-electron chi connectivity index (χ2n) is 2.57. The van der Waals surface area contributed by atoms with E-state index in [1.54, 1.807) is 6.07 Å². The molecule has 0 radical (unpaired) electrons. The van der Waals surface area contributed by atoms with Gasteiger partial charge in [0.1, 0.15) is 5.00 Å². The Morgan fingerprint density at radius 1 is 1.25 bits per heavy atom. The summed E-state index contributed by atoms with van der Waals surface area (Å²) < 4.78 is 0. The third kappa shape index (κ3) is 1.04. The molecular formula is C8H7NO2S. The molecule has 0 aromatic carbocycles. The van der Waals surface area contributed by atoms with E-state index in [0.717, 1.165) is 5.00 Å². The van der Waals surface area contributed by atoms with Gasteiger partial charge >= 0.3 is 0 Å². The Bertz CT molecular complexity index is 302. The van der Waals surface area contributed by atoms with E-state index in [1.165, 1.54) is 16.2 Å². The zero-order valence-electron chi connectivity index (χ0n) is 6.32. The van der Waals surface area contributed by atoms with Crippen molar-refractivity contribution < 1.29 is 9.59 Å². The minimum absolute atomic E-state index is 0.0811. The highest BCUT2D eigenvalue weighted by atomic mass is 32.1. The molecule has 2 heterocycles. The minimum Gasteiger partial charge on any atom is -0.274 e. The predicted molar refractivity (Wildman–Crippen MR) is 46.0 cm³/mol. The van der Waals surface area contributed by atoms with Gasteiger partial charge < -0.3 is 0 Å². The fourth-order valence-electron chi connectivity index (χ4n) is 1.22. The van der Waals surface area contributed by atoms with Crippen LogP contribution < -0.4 is 4.90 Å². The van der Waals surface area contributed by atoms with Crippen LogP contribution in [0, 0.1) is 0 Å². The zero-order valence-corrected chi connectivity index (χ0v) is 7.13. The molecular weight excluding hydrogens is 174 g/mol. The van der Waals surface area contributed by atoms with E-state index < -0.39 is 0 Å². The quantitative estimate of drug-likeness (QED) is 0.614. The maximum absolute atomic E-state index is 11.2. The van der Waals surface area contributed by atoms with Crippen LogP contribution in [-0.4, -0.2) is 11.8 Å². The van der Waals surface area contributed by atoms with Crippen molar-refractivity contribution in [3.8, 4) is 0 Å². The van der Waals surface area contributed by atoms with Gasteiger partial charge in [0, 0.05) is 12.8 Å². The van der Waals surface area contributed by atoms with Gasteiger partial charge in [-0.25, -0.2) is 4.90 Å². The molecule has 2 rings (SSSR count). The van der Waals surface area contributed by atoms with Crippen LogP contribution >= 0.6 is 11.3 Å². The van der Waals surface area contributed by atoms with Crippen LogP contribution in [0.2, 0.25) is 0 Å². The Hall–Kier alpha value is -1.16. The molecule has 1 aliphatic heterocycles. The summed E-state index contributed by atoms with van der Waals surface area (Å²) in [6.07, 6.45) is 0.716. The van der Waals surface area contributed by atoms with Crippen LogP contribution in [0.5, 0.6) is 0 Å². The topological polar surface area (TPSA) is 37.4 Å². The Morgan fingerprint density at radius 3 is 2.42 bits per heavy atom. The van der Waals surface area contributed by atoms with Gasteiger partial charge in [0.15, 0.2) is 0 Å². The van der Waals surface area contributed by atoms with Crippen LogP contribution in [0.4, 0.5) is 5.00 Å². The maximum Gasteiger partial charge on any atom is 0.234 e. The summed E-state index contributed by atoms with van der Waals surface area (Å²) in [6, 6.07) is 3.62. The van der Waals surface area contributed by atoms with E-state index in [-0.39, 0.29) is 11.8 Å². The van der Waals surface area contributed by atoms with Gasteiger partial charge in [-0.05, 0) is 17.5 Å². The normalized spacial score (nSPS) is 17.5. The van der Waals surface area contributed by atoms with Crippen LogP contribution in [-0.2, 0) is 9.59 Å². The number of carbonyl (C=O) groups excluding carboxylic acids is 2. The number of imide groups is 1. The standard InChI is InChI=1S/C8H7NO2S/c10-6-3-4-7(11)9(6)8-2-1-5-12-8/h1-2,5H,3-4H2. The highest BCUT2D eigenvalue weighted by Gasteiger charge is 2.30. The van der Waals surface area contributed by atoms with Crippen molar-refractivity contribution in [3.63, 3.8) is 0 Å². The third-order valence-corrected chi connectivity index (χ3v) is 2.63. The highest BCUT2D eigenvalue weighted by Crippen LogP contribution is 2.26. The van der Waals surface area contributed by atoms with Crippen LogP contribution in [0.15, 0.2) is 17.5 Å². The molecule has 2 amide bonds. The zero-order chi connectivity index (χ0) is 8.55. The van der Waals surface area contributed by atoms with Crippen molar-refractivity contribution in [3.05, 3.63) is 17.5 Å². The second-order valence-corrected chi connectivity index (χ2v) is 3.50. The van der Waals surface area contributed by atoms with Gasteiger partial charge in [-0.15, -0.1) is 11.3 Å². The molecule has 0 N–H and O–H groups in total. The average Bonchev–Trinajstić information content (AvgIpc) is 2.61. The number of hydrogen-bond acceptors (Lipinski definition) is 3. The van der Waals surface area contributed by atoms with Crippen molar-refractivity contribution in [1.29, 1.82) is 0 Å². The van der Waals surface area contributed by atoms with E-state index in [4.69, 9.17) is 0 Å². The molecule has 3 nitrogen and oxygen atoms in total. The molecule has 62 valence electrons. The first-order valence-corrected chi connectivity index (χ1v) is 4.56. The first-order chi connectivity index (χ1) is 5.79. The molecule has 0 saturated carbocycles. The molecule has 0 bridgehead atoms. The summed E-state index contributed by atoms with van der Waals surface area (Å²) in [6.45, 7) is 0. The van der Waals surface area contributed by atoms with Crippen LogP contribution in [0.1, 0.15) is 12.8 Å². The number of carbonyl (C=O) groups is 2. The lowest BCUT2D eigenvalue weighted by molar-refractivity contribution is -0.121. The van der Waals surface area contributed by atoms with Gasteiger partial charge in [0.05, 0.1) is 0 Å². The van der Waals surface area contributed by atoms with Crippen molar-refractivity contribution in [2.24, 2.45) is 0 Å². The highest BCUT2D eigenvalue weighted by molar-refractivity contribution is 7.14. The SMILES string of the molecule is O=C1CCC(=O)N1c1cccs1. The van der Waals surface area contributed by atoms with E-state index in [1.807, 2.05) is 11.4 Å². The molecule has 12 heavy (non-hydrogen) atoms. The first kappa shape index (κ1) is 7.49. The van der Waals surface area contributed by atoms with E-state index in [9.17, 15) is 9.59 Å². The van der Waals surface area contributed by atoms with E-state index in [2.05, 4.69) is 0 Å². The van der Waals surface area contributed by atoms with Crippen LogP contribution in [0.3, 0.4) is 0 Å². The molecule has 0 aliphatic carbocycles. The lowest BCUT2D eigenvalue weighted by Crippen LogP contribution is -2.27. The number of thiophene rings is 1. The van der Waals surface area contributed by atoms with Crippen molar-refractivity contribution in [2.45, 2.75) is 12.8 Å². The Balaban J connectivity index is 2.34. The molecule has 0 atom stereocenters. The van der Waals surface area contributed by atoms with Crippen LogP contribution in [0.25, 0.3) is 0 Å². The summed E-state index contributed by atoms with van der Waals surface area (Å²) in [5.41, 5.74) is 0. The van der Waals surface area contributed by atoms with Gasteiger partial charge in [0.2, 0.25) is 11.8 Å². The smallest absolute Gasteiger partial charge is 0.234 e. The molecule has 0 unspecified atom stereocenters. The third-order valence-electron chi connectivity index (χ3n) is 1.78. The summed E-state index contributed by atoms with van der Waals surface area (Å²) >= 11 is 1.41. The number of amides is 2. The molecule has 0 spiro atoms. The minimum atomic E-state index is -0.0811. The number of nitrogens with zero attached hydrogens (tertiary/aromatic N) is 1. The Kier molecular flexibility index (Phi) is 1.69. The van der Waals surface area contributed by atoms with Gasteiger partial charge in [-0.2, -0.15) is 0 Å². The second kappa shape index (κ2) is 2.71. The number of rotatable bonds is 1. The van der Waals surface area contributed by atoms with Gasteiger partial charge in [0.25, 0.3) is 0 Å². The van der Waals surface area contributed by atoms with E-state index >= 15 is 0 Å². The lowest BCUT2D eigenvalue weighted by Gasteiger charge is -2.09. The van der Waals surface area contributed by atoms with Gasteiger partial charge in [-0.3, -0.25) is 9.59 Å². The molecule has 1 aromatic rings. The lowest BCUT2D eigenvalue weighted by atomic mass is 10.4. The summed E-state index contributed by atoms with van der Waals surface area (Å²) in [5.74, 6) is -0.162. The molecule has 1 saturated heterocycles. The summed E-state index contributed by atoms with van der Waals surface area (Å²) in [5, 5.41) is 2.59.